The monoisotopic (exact) mass is 631 g/mol. The van der Waals surface area contributed by atoms with Gasteiger partial charge in [-0.1, -0.05) is 78.7 Å². The maximum atomic E-state index is 13.9. The number of hydrogen-bond donors (Lipinski definition) is 1. The molecule has 226 valence electrons. The Morgan fingerprint density at radius 3 is 2.10 bits per heavy atom. The minimum Gasteiger partial charge on any atom is -0.352 e. The minimum atomic E-state index is -3.58. The summed E-state index contributed by atoms with van der Waals surface area (Å²) < 4.78 is 26.6. The largest absolute Gasteiger partial charge is 0.352 e. The maximum Gasteiger partial charge on any atom is 0.243 e. The molecule has 1 N–H and O–H groups in total. The Morgan fingerprint density at radius 1 is 0.881 bits per heavy atom. The fourth-order valence-electron chi connectivity index (χ4n) is 4.67. The number of halogens is 2. The van der Waals surface area contributed by atoms with Crippen LogP contribution < -0.4 is 9.62 Å². The second kappa shape index (κ2) is 15.4. The van der Waals surface area contributed by atoms with Gasteiger partial charge in [0.25, 0.3) is 0 Å². The molecule has 0 radical (unpaired) electrons. The number of carbonyl (C=O) groups excluding carboxylic acids is 2. The molecule has 0 bridgehead atoms. The number of rotatable bonds is 14. The molecule has 0 saturated carbocycles. The van der Waals surface area contributed by atoms with E-state index in [9.17, 15) is 18.0 Å². The Morgan fingerprint density at radius 2 is 1.52 bits per heavy atom. The number of hydrogen-bond acceptors (Lipinski definition) is 4. The van der Waals surface area contributed by atoms with Crippen LogP contribution in [0.5, 0.6) is 0 Å². The molecule has 3 rings (SSSR count). The van der Waals surface area contributed by atoms with E-state index in [2.05, 4.69) is 5.32 Å². The van der Waals surface area contributed by atoms with Gasteiger partial charge in [-0.3, -0.25) is 13.9 Å². The normalized spacial score (nSPS) is 12.2. The molecule has 42 heavy (non-hydrogen) atoms. The number of nitrogens with zero attached hydrogens (tertiary/aromatic N) is 2. The van der Waals surface area contributed by atoms with Gasteiger partial charge in [0.1, 0.15) is 6.04 Å². The van der Waals surface area contributed by atoms with Crippen LogP contribution in [-0.4, -0.2) is 50.0 Å². The van der Waals surface area contributed by atoms with Crippen molar-refractivity contribution in [2.24, 2.45) is 0 Å². The highest BCUT2D eigenvalue weighted by Gasteiger charge is 2.31. The Kier molecular flexibility index (Phi) is 12.3. The molecule has 0 fully saturated rings. The van der Waals surface area contributed by atoms with E-state index in [-0.39, 0.29) is 43.8 Å². The molecule has 0 aliphatic heterocycles. The van der Waals surface area contributed by atoms with Crippen molar-refractivity contribution in [3.05, 3.63) is 99.5 Å². The first-order valence-corrected chi connectivity index (χ1v) is 16.6. The van der Waals surface area contributed by atoms with Crippen LogP contribution in [0.1, 0.15) is 50.3 Å². The van der Waals surface area contributed by atoms with E-state index in [4.69, 9.17) is 23.2 Å². The zero-order chi connectivity index (χ0) is 30.9. The van der Waals surface area contributed by atoms with Crippen molar-refractivity contribution in [1.29, 1.82) is 0 Å². The average molecular weight is 633 g/mol. The molecule has 0 aliphatic carbocycles. The number of anilines is 1. The molecule has 0 unspecified atom stereocenters. The summed E-state index contributed by atoms with van der Waals surface area (Å²) in [5.41, 5.74) is 3.28. The third-order valence-electron chi connectivity index (χ3n) is 6.82. The maximum absolute atomic E-state index is 13.9. The molecule has 1 atom stereocenters. The van der Waals surface area contributed by atoms with Crippen molar-refractivity contribution in [2.75, 3.05) is 17.1 Å². The van der Waals surface area contributed by atoms with Gasteiger partial charge >= 0.3 is 0 Å². The van der Waals surface area contributed by atoms with Gasteiger partial charge in [-0.05, 0) is 67.6 Å². The lowest BCUT2D eigenvalue weighted by molar-refractivity contribution is -0.141. The summed E-state index contributed by atoms with van der Waals surface area (Å²) in [5, 5.41) is 3.71. The summed E-state index contributed by atoms with van der Waals surface area (Å²) in [7, 11) is -3.58. The Bertz CT molecular complexity index is 1450. The summed E-state index contributed by atoms with van der Waals surface area (Å²) in [4.78, 5) is 29.0. The molecule has 2 amide bonds. The quantitative estimate of drug-likeness (QED) is 0.227. The highest BCUT2D eigenvalue weighted by Crippen LogP contribution is 2.25. The smallest absolute Gasteiger partial charge is 0.243 e. The van der Waals surface area contributed by atoms with Crippen molar-refractivity contribution in [1.82, 2.24) is 10.2 Å². The number of amides is 2. The van der Waals surface area contributed by atoms with Crippen molar-refractivity contribution in [3.8, 4) is 0 Å². The fourth-order valence-corrected chi connectivity index (χ4v) is 5.96. The van der Waals surface area contributed by atoms with Gasteiger partial charge in [0.2, 0.25) is 21.8 Å². The van der Waals surface area contributed by atoms with Gasteiger partial charge in [-0.15, -0.1) is 0 Å². The first-order chi connectivity index (χ1) is 19.9. The van der Waals surface area contributed by atoms with Crippen LogP contribution in [0.3, 0.4) is 0 Å². The van der Waals surface area contributed by atoms with Crippen LogP contribution in [0, 0.1) is 0 Å². The molecule has 10 heteroatoms. The van der Waals surface area contributed by atoms with Crippen molar-refractivity contribution < 1.29 is 18.0 Å². The summed E-state index contributed by atoms with van der Waals surface area (Å²) in [6.45, 7) is 6.03. The summed E-state index contributed by atoms with van der Waals surface area (Å²) in [6, 6.07) is 21.1. The number of aryl methyl sites for hydroxylation is 1. The van der Waals surface area contributed by atoms with E-state index in [0.717, 1.165) is 29.4 Å². The first-order valence-electron chi connectivity index (χ1n) is 14.0. The lowest BCUT2D eigenvalue weighted by Gasteiger charge is -2.32. The van der Waals surface area contributed by atoms with Crippen LogP contribution in [0.15, 0.2) is 72.8 Å². The van der Waals surface area contributed by atoms with Crippen LogP contribution in [0.4, 0.5) is 5.69 Å². The molecule has 0 aromatic heterocycles. The zero-order valence-electron chi connectivity index (χ0n) is 24.5. The standard InChI is InChI=1S/C32H39Cl2N3O4S/c1-5-24-13-16-27(17-14-24)37(42(4,40)41)19-9-12-31(38)36(22-26-15-18-28(33)29(34)20-26)30(32(39)35-23(2)3)21-25-10-7-6-8-11-25/h6-8,10-11,13-18,20,23,30H,5,9,12,19,21-22H2,1-4H3,(H,35,39)/t30-/m0/s1. The highest BCUT2D eigenvalue weighted by atomic mass is 35.5. The van der Waals surface area contributed by atoms with E-state index in [1.165, 1.54) is 4.31 Å². The van der Waals surface area contributed by atoms with Gasteiger partial charge in [0, 0.05) is 32.0 Å². The number of sulfonamides is 1. The van der Waals surface area contributed by atoms with E-state index in [1.807, 2.05) is 63.2 Å². The van der Waals surface area contributed by atoms with Crippen molar-refractivity contribution in [3.63, 3.8) is 0 Å². The lowest BCUT2D eigenvalue weighted by atomic mass is 10.0. The fraction of sp³-hybridized carbons (Fsp3) is 0.375. The number of benzene rings is 3. The van der Waals surface area contributed by atoms with Gasteiger partial charge in [0.15, 0.2) is 0 Å². The molecule has 0 saturated heterocycles. The molecule has 0 heterocycles. The summed E-state index contributed by atoms with van der Waals surface area (Å²) >= 11 is 12.4. The zero-order valence-corrected chi connectivity index (χ0v) is 26.8. The molecule has 7 nitrogen and oxygen atoms in total. The van der Waals surface area contributed by atoms with E-state index >= 15 is 0 Å². The number of nitrogens with one attached hydrogen (secondary N) is 1. The van der Waals surface area contributed by atoms with Gasteiger partial charge in [-0.2, -0.15) is 0 Å². The van der Waals surface area contributed by atoms with Crippen LogP contribution in [-0.2, 0) is 39.0 Å². The molecule has 0 aliphatic rings. The van der Waals surface area contributed by atoms with Crippen LogP contribution in [0.25, 0.3) is 0 Å². The molecule has 0 spiro atoms. The molecular weight excluding hydrogens is 593 g/mol. The molecular formula is C32H39Cl2N3O4S. The van der Waals surface area contributed by atoms with Gasteiger partial charge in [-0.25, -0.2) is 8.42 Å². The minimum absolute atomic E-state index is 0.0423. The summed E-state index contributed by atoms with van der Waals surface area (Å²) in [5.74, 6) is -0.535. The first kappa shape index (κ1) is 33.4. The third kappa shape index (κ3) is 9.75. The third-order valence-corrected chi connectivity index (χ3v) is 8.76. The molecule has 3 aromatic rings. The lowest BCUT2D eigenvalue weighted by Crippen LogP contribution is -2.51. The van der Waals surface area contributed by atoms with Crippen LogP contribution >= 0.6 is 23.2 Å². The van der Waals surface area contributed by atoms with E-state index < -0.39 is 16.1 Å². The Balaban J connectivity index is 1.89. The van der Waals surface area contributed by atoms with Crippen molar-refractivity contribution >= 4 is 50.7 Å². The SMILES string of the molecule is CCc1ccc(N(CCCC(=O)N(Cc2ccc(Cl)c(Cl)c2)[C@@H](Cc2ccccc2)C(=O)NC(C)C)S(C)(=O)=O)cc1. The van der Waals surface area contributed by atoms with Gasteiger partial charge in [0.05, 0.1) is 22.0 Å². The number of carbonyl (C=O) groups is 2. The summed E-state index contributed by atoms with van der Waals surface area (Å²) in [6.07, 6.45) is 2.62. The van der Waals surface area contributed by atoms with Gasteiger partial charge < -0.3 is 10.2 Å². The topological polar surface area (TPSA) is 86.8 Å². The predicted octanol–water partition coefficient (Wildman–Crippen LogP) is 6.27. The van der Waals surface area contributed by atoms with E-state index in [1.54, 1.807) is 35.2 Å². The average Bonchev–Trinajstić information content (AvgIpc) is 2.94. The highest BCUT2D eigenvalue weighted by molar-refractivity contribution is 7.92. The predicted molar refractivity (Wildman–Crippen MR) is 171 cm³/mol. The van der Waals surface area contributed by atoms with Crippen LogP contribution in [0.2, 0.25) is 10.0 Å². The second-order valence-corrected chi connectivity index (χ2v) is 13.3. The molecule has 3 aromatic carbocycles. The second-order valence-electron chi connectivity index (χ2n) is 10.6. The van der Waals surface area contributed by atoms with E-state index in [0.29, 0.717) is 22.2 Å². The Hall–Kier alpha value is -3.07. The van der Waals surface area contributed by atoms with Crippen molar-refractivity contribution in [2.45, 2.75) is 65.1 Å². The Labute approximate surface area is 259 Å².